The van der Waals surface area contributed by atoms with Crippen molar-refractivity contribution >= 4 is 0 Å². The van der Waals surface area contributed by atoms with Crippen molar-refractivity contribution in [2.45, 2.75) is 43.2 Å². The molecule has 2 aliphatic rings. The first-order valence-corrected chi connectivity index (χ1v) is 9.52. The average Bonchev–Trinajstić information content (AvgIpc) is 2.68. The Morgan fingerprint density at radius 3 is 2.45 bits per heavy atom. The molecule has 1 aromatic heterocycles. The summed E-state index contributed by atoms with van der Waals surface area (Å²) in [5, 5.41) is 11.4. The molecule has 0 saturated carbocycles. The summed E-state index contributed by atoms with van der Waals surface area (Å²) in [7, 11) is 1.15. The van der Waals surface area contributed by atoms with Crippen molar-refractivity contribution < 1.29 is 27.8 Å². The van der Waals surface area contributed by atoms with E-state index < -0.39 is 23.2 Å². The van der Waals surface area contributed by atoms with Crippen LogP contribution in [0, 0.1) is 0 Å². The van der Waals surface area contributed by atoms with Gasteiger partial charge in [0, 0.05) is 30.4 Å². The van der Waals surface area contributed by atoms with Gasteiger partial charge in [-0.25, -0.2) is 4.98 Å². The highest BCUT2D eigenvalue weighted by Crippen LogP contribution is 2.44. The topological polar surface area (TPSA) is 54.8 Å². The fraction of sp³-hybridized carbons (Fsp3) is 0.476. The predicted molar refractivity (Wildman–Crippen MR) is 99.3 cm³/mol. The quantitative estimate of drug-likeness (QED) is 0.841. The standard InChI is InChI=1S/C21H23F3N2O3/c1-28-19-18(21(22,23)24)7-15(10-25-19)20(27)8-16-12-29-13-17(9-20)26(16)11-14-5-3-2-4-6-14/h2-7,10,16-17,27H,8-9,11-13H2,1H3. The van der Waals surface area contributed by atoms with E-state index in [4.69, 9.17) is 9.47 Å². The lowest BCUT2D eigenvalue weighted by atomic mass is 9.77. The maximum Gasteiger partial charge on any atom is 0.421 e. The van der Waals surface area contributed by atoms with Crippen LogP contribution < -0.4 is 4.74 Å². The van der Waals surface area contributed by atoms with E-state index in [1.54, 1.807) is 0 Å². The van der Waals surface area contributed by atoms with Crippen LogP contribution >= 0.6 is 0 Å². The van der Waals surface area contributed by atoms with Crippen LogP contribution in [0.3, 0.4) is 0 Å². The van der Waals surface area contributed by atoms with E-state index in [0.29, 0.717) is 19.8 Å². The van der Waals surface area contributed by atoms with Gasteiger partial charge < -0.3 is 14.6 Å². The van der Waals surface area contributed by atoms with Gasteiger partial charge in [0.25, 0.3) is 0 Å². The summed E-state index contributed by atoms with van der Waals surface area (Å²) in [4.78, 5) is 6.10. The molecular formula is C21H23F3N2O3. The molecule has 0 spiro atoms. The molecule has 156 valence electrons. The normalized spacial score (nSPS) is 27.6. The molecule has 0 radical (unpaired) electrons. The number of hydrogen-bond donors (Lipinski definition) is 1. The molecule has 8 heteroatoms. The first-order valence-electron chi connectivity index (χ1n) is 9.52. The predicted octanol–water partition coefficient (Wildman–Crippen LogP) is 3.36. The van der Waals surface area contributed by atoms with Crippen molar-refractivity contribution in [1.82, 2.24) is 9.88 Å². The van der Waals surface area contributed by atoms with Crippen LogP contribution in [-0.2, 0) is 23.1 Å². The van der Waals surface area contributed by atoms with Crippen molar-refractivity contribution in [1.29, 1.82) is 0 Å². The van der Waals surface area contributed by atoms with E-state index in [1.165, 1.54) is 6.20 Å². The number of nitrogens with zero attached hydrogens (tertiary/aromatic N) is 2. The largest absolute Gasteiger partial charge is 0.481 e. The Morgan fingerprint density at radius 2 is 1.86 bits per heavy atom. The molecule has 3 heterocycles. The van der Waals surface area contributed by atoms with Gasteiger partial charge in [0.05, 0.1) is 25.9 Å². The summed E-state index contributed by atoms with van der Waals surface area (Å²) < 4.78 is 50.7. The molecule has 1 N–H and O–H groups in total. The van der Waals surface area contributed by atoms with Gasteiger partial charge in [-0.3, -0.25) is 4.90 Å². The monoisotopic (exact) mass is 408 g/mol. The van der Waals surface area contributed by atoms with E-state index >= 15 is 0 Å². The van der Waals surface area contributed by atoms with Crippen LogP contribution in [0.15, 0.2) is 42.6 Å². The number of aromatic nitrogens is 1. The number of aliphatic hydroxyl groups is 1. The number of methoxy groups -OCH3 is 1. The number of morpholine rings is 1. The summed E-state index contributed by atoms with van der Waals surface area (Å²) in [6, 6.07) is 10.8. The molecule has 4 rings (SSSR count). The highest BCUT2D eigenvalue weighted by atomic mass is 19.4. The highest BCUT2D eigenvalue weighted by molar-refractivity contribution is 5.36. The average molecular weight is 408 g/mol. The molecule has 2 fully saturated rings. The van der Waals surface area contributed by atoms with Crippen LogP contribution in [0.2, 0.25) is 0 Å². The van der Waals surface area contributed by atoms with E-state index in [2.05, 4.69) is 9.88 Å². The fourth-order valence-corrected chi connectivity index (χ4v) is 4.41. The lowest BCUT2D eigenvalue weighted by Gasteiger charge is -2.51. The van der Waals surface area contributed by atoms with Crippen LogP contribution in [0.5, 0.6) is 5.88 Å². The summed E-state index contributed by atoms with van der Waals surface area (Å²) in [5.41, 5.74) is -1.05. The number of rotatable bonds is 4. The van der Waals surface area contributed by atoms with E-state index in [0.717, 1.165) is 18.7 Å². The highest BCUT2D eigenvalue weighted by Gasteiger charge is 2.48. The van der Waals surface area contributed by atoms with Gasteiger partial charge >= 0.3 is 6.18 Å². The summed E-state index contributed by atoms with van der Waals surface area (Å²) in [5.74, 6) is -0.491. The maximum absolute atomic E-state index is 13.4. The lowest BCUT2D eigenvalue weighted by molar-refractivity contribution is -0.150. The summed E-state index contributed by atoms with van der Waals surface area (Å²) in [6.07, 6.45) is -2.77. The zero-order valence-corrected chi connectivity index (χ0v) is 16.0. The molecule has 2 unspecified atom stereocenters. The van der Waals surface area contributed by atoms with Gasteiger partial charge in [-0.15, -0.1) is 0 Å². The molecule has 5 nitrogen and oxygen atoms in total. The Morgan fingerprint density at radius 1 is 1.21 bits per heavy atom. The first-order chi connectivity index (χ1) is 13.8. The molecule has 2 aliphatic heterocycles. The molecular weight excluding hydrogens is 385 g/mol. The Bertz CT molecular complexity index is 846. The van der Waals surface area contributed by atoms with Crippen molar-refractivity contribution in [3.8, 4) is 5.88 Å². The van der Waals surface area contributed by atoms with Gasteiger partial charge in [0.1, 0.15) is 5.56 Å². The van der Waals surface area contributed by atoms with Crippen LogP contribution in [0.25, 0.3) is 0 Å². The fourth-order valence-electron chi connectivity index (χ4n) is 4.41. The number of halogens is 3. The molecule has 1 aromatic carbocycles. The number of fused-ring (bicyclic) bond motifs is 2. The molecule has 2 aromatic rings. The Kier molecular flexibility index (Phi) is 5.27. The number of benzene rings is 1. The number of alkyl halides is 3. The van der Waals surface area contributed by atoms with Crippen LogP contribution in [-0.4, -0.2) is 47.4 Å². The Labute approximate surface area is 167 Å². The van der Waals surface area contributed by atoms with E-state index in [1.807, 2.05) is 30.3 Å². The lowest BCUT2D eigenvalue weighted by Crippen LogP contribution is -2.60. The summed E-state index contributed by atoms with van der Waals surface area (Å²) in [6.45, 7) is 1.58. The van der Waals surface area contributed by atoms with Gasteiger partial charge in [0.2, 0.25) is 5.88 Å². The number of hydrogen-bond acceptors (Lipinski definition) is 5. The third-order valence-electron chi connectivity index (χ3n) is 5.80. The number of piperidine rings is 1. The molecule has 2 atom stereocenters. The second-order valence-corrected chi connectivity index (χ2v) is 7.72. The van der Waals surface area contributed by atoms with Crippen molar-refractivity contribution in [3.05, 3.63) is 59.3 Å². The molecule has 29 heavy (non-hydrogen) atoms. The van der Waals surface area contributed by atoms with Gasteiger partial charge in [-0.05, 0) is 24.5 Å². The van der Waals surface area contributed by atoms with E-state index in [9.17, 15) is 18.3 Å². The van der Waals surface area contributed by atoms with Crippen LogP contribution in [0.1, 0.15) is 29.5 Å². The third kappa shape index (κ3) is 3.97. The zero-order chi connectivity index (χ0) is 20.6. The molecule has 0 amide bonds. The Balaban J connectivity index is 1.62. The second kappa shape index (κ2) is 7.59. The van der Waals surface area contributed by atoms with Gasteiger partial charge in [-0.1, -0.05) is 30.3 Å². The molecule has 2 saturated heterocycles. The van der Waals surface area contributed by atoms with Crippen LogP contribution in [0.4, 0.5) is 13.2 Å². The minimum atomic E-state index is -4.61. The van der Waals surface area contributed by atoms with Gasteiger partial charge in [0.15, 0.2) is 0 Å². The van der Waals surface area contributed by atoms with E-state index in [-0.39, 0.29) is 30.5 Å². The number of ether oxygens (including phenoxy) is 2. The minimum absolute atomic E-state index is 0.0934. The first kappa shape index (κ1) is 20.1. The SMILES string of the molecule is COc1ncc(C2(O)CC3COCC(C2)N3Cc2ccccc2)cc1C(F)(F)F. The molecule has 0 aliphatic carbocycles. The van der Waals surface area contributed by atoms with Crippen molar-refractivity contribution in [3.63, 3.8) is 0 Å². The van der Waals surface area contributed by atoms with Gasteiger partial charge in [-0.2, -0.15) is 13.2 Å². The van der Waals surface area contributed by atoms with Crippen molar-refractivity contribution in [2.75, 3.05) is 20.3 Å². The third-order valence-corrected chi connectivity index (χ3v) is 5.80. The Hall–Kier alpha value is -2.16. The maximum atomic E-state index is 13.4. The zero-order valence-electron chi connectivity index (χ0n) is 16.0. The molecule has 2 bridgehead atoms. The second-order valence-electron chi connectivity index (χ2n) is 7.72. The van der Waals surface area contributed by atoms with Crippen molar-refractivity contribution in [2.24, 2.45) is 0 Å². The number of pyridine rings is 1. The summed E-state index contributed by atoms with van der Waals surface area (Å²) >= 11 is 0. The smallest absolute Gasteiger partial charge is 0.421 e. The minimum Gasteiger partial charge on any atom is -0.481 e.